The maximum Gasteiger partial charge on any atom is 0.170 e. The van der Waals surface area contributed by atoms with Crippen LogP contribution in [-0.2, 0) is 4.74 Å². The molecule has 0 N–H and O–H groups in total. The minimum atomic E-state index is 0.208. The summed E-state index contributed by atoms with van der Waals surface area (Å²) in [5.74, 6) is 0. The van der Waals surface area contributed by atoms with Gasteiger partial charge in [0.25, 0.3) is 0 Å². The summed E-state index contributed by atoms with van der Waals surface area (Å²) in [6, 6.07) is 0.208. The molecule has 0 aromatic carbocycles. The van der Waals surface area contributed by atoms with Gasteiger partial charge < -0.3 is 4.74 Å². The molecule has 0 fully saturated rings. The fourth-order valence-corrected chi connectivity index (χ4v) is 0.435. The molecule has 0 aromatic heterocycles. The lowest BCUT2D eigenvalue weighted by molar-refractivity contribution is 0.344. The van der Waals surface area contributed by atoms with Crippen LogP contribution in [0.2, 0.25) is 0 Å². The Hall–Kier alpha value is -0.790. The van der Waals surface area contributed by atoms with Crippen LogP contribution >= 0.6 is 0 Å². The second kappa shape index (κ2) is 1.78. The molecule has 0 saturated heterocycles. The highest BCUT2D eigenvalue weighted by atomic mass is 16.5. The van der Waals surface area contributed by atoms with Gasteiger partial charge in [-0.1, -0.05) is 6.08 Å². The minimum absolute atomic E-state index is 0.208. The number of hydrogen-bond donors (Lipinski definition) is 0. The van der Waals surface area contributed by atoms with E-state index in [1.165, 1.54) is 6.40 Å². The van der Waals surface area contributed by atoms with Crippen molar-refractivity contribution in [3.05, 3.63) is 12.7 Å². The number of aliphatic imine (C=N–C) groups is 1. The van der Waals surface area contributed by atoms with E-state index in [0.717, 1.165) is 0 Å². The van der Waals surface area contributed by atoms with Gasteiger partial charge in [0.2, 0.25) is 0 Å². The van der Waals surface area contributed by atoms with Gasteiger partial charge in [-0.05, 0) is 0 Å². The standard InChI is InChI=1S/C5H7NO/c1-2-5-3-7-4-6-5/h2,4-5H,1,3H2. The third-order valence-corrected chi connectivity index (χ3v) is 0.866. The lowest BCUT2D eigenvalue weighted by atomic mass is 10.3. The predicted octanol–water partition coefficient (Wildman–Crippen LogP) is 0.600. The van der Waals surface area contributed by atoms with Crippen LogP contribution in [0, 0.1) is 0 Å². The molecule has 0 aromatic rings. The Bertz CT molecular complexity index is 98.3. The summed E-state index contributed by atoms with van der Waals surface area (Å²) < 4.78 is 4.79. The Morgan fingerprint density at radius 1 is 2.00 bits per heavy atom. The van der Waals surface area contributed by atoms with Crippen molar-refractivity contribution in [1.82, 2.24) is 0 Å². The van der Waals surface area contributed by atoms with E-state index in [2.05, 4.69) is 11.6 Å². The smallest absolute Gasteiger partial charge is 0.170 e. The van der Waals surface area contributed by atoms with Crippen molar-refractivity contribution in [2.45, 2.75) is 6.04 Å². The second-order valence-electron chi connectivity index (χ2n) is 1.39. The minimum Gasteiger partial charge on any atom is -0.481 e. The van der Waals surface area contributed by atoms with Crippen LogP contribution in [0.4, 0.5) is 0 Å². The average Bonchev–Trinajstić information content (AvgIpc) is 2.14. The van der Waals surface area contributed by atoms with Gasteiger partial charge in [-0.3, -0.25) is 0 Å². The molecule has 0 amide bonds. The summed E-state index contributed by atoms with van der Waals surface area (Å²) in [7, 11) is 0. The fraction of sp³-hybridized carbons (Fsp3) is 0.400. The molecule has 1 aliphatic rings. The molecule has 38 valence electrons. The van der Waals surface area contributed by atoms with Gasteiger partial charge in [-0.2, -0.15) is 0 Å². The van der Waals surface area contributed by atoms with Crippen LogP contribution in [0.15, 0.2) is 17.6 Å². The molecule has 2 nitrogen and oxygen atoms in total. The van der Waals surface area contributed by atoms with Crippen LogP contribution in [0.1, 0.15) is 0 Å². The van der Waals surface area contributed by atoms with Gasteiger partial charge in [0.15, 0.2) is 6.40 Å². The van der Waals surface area contributed by atoms with E-state index >= 15 is 0 Å². The van der Waals surface area contributed by atoms with Crippen LogP contribution in [0.25, 0.3) is 0 Å². The van der Waals surface area contributed by atoms with Crippen molar-refractivity contribution in [3.63, 3.8) is 0 Å². The zero-order valence-electron chi connectivity index (χ0n) is 4.00. The van der Waals surface area contributed by atoms with Crippen molar-refractivity contribution < 1.29 is 4.74 Å². The number of rotatable bonds is 1. The zero-order chi connectivity index (χ0) is 5.11. The monoisotopic (exact) mass is 97.1 g/mol. The van der Waals surface area contributed by atoms with E-state index in [1.54, 1.807) is 6.08 Å². The molecule has 1 atom stereocenters. The summed E-state index contributed by atoms with van der Waals surface area (Å²) in [6.07, 6.45) is 3.23. The van der Waals surface area contributed by atoms with Crippen LogP contribution < -0.4 is 0 Å². The summed E-state index contributed by atoms with van der Waals surface area (Å²) in [5, 5.41) is 0. The predicted molar refractivity (Wildman–Crippen MR) is 28.4 cm³/mol. The average molecular weight is 97.1 g/mol. The van der Waals surface area contributed by atoms with Crippen molar-refractivity contribution in [2.75, 3.05) is 6.61 Å². The van der Waals surface area contributed by atoms with E-state index < -0.39 is 0 Å². The van der Waals surface area contributed by atoms with Gasteiger partial charge in [-0.15, -0.1) is 6.58 Å². The van der Waals surface area contributed by atoms with Gasteiger partial charge >= 0.3 is 0 Å². The van der Waals surface area contributed by atoms with Crippen molar-refractivity contribution in [3.8, 4) is 0 Å². The summed E-state index contributed by atoms with van der Waals surface area (Å²) in [5.41, 5.74) is 0. The lowest BCUT2D eigenvalue weighted by Gasteiger charge is -1.91. The Morgan fingerprint density at radius 2 is 2.86 bits per heavy atom. The molecule has 0 spiro atoms. The Morgan fingerprint density at radius 3 is 3.14 bits per heavy atom. The van der Waals surface area contributed by atoms with Crippen molar-refractivity contribution in [2.24, 2.45) is 4.99 Å². The van der Waals surface area contributed by atoms with E-state index in [4.69, 9.17) is 4.74 Å². The first-order valence-electron chi connectivity index (χ1n) is 2.19. The normalized spacial score (nSPS) is 27.1. The molecule has 1 heterocycles. The van der Waals surface area contributed by atoms with Gasteiger partial charge in [0.1, 0.15) is 12.6 Å². The maximum atomic E-state index is 4.79. The highest BCUT2D eigenvalue weighted by molar-refractivity contribution is 5.49. The Kier molecular flexibility index (Phi) is 1.11. The zero-order valence-corrected chi connectivity index (χ0v) is 4.00. The first-order chi connectivity index (χ1) is 3.43. The van der Waals surface area contributed by atoms with E-state index in [0.29, 0.717) is 6.61 Å². The highest BCUT2D eigenvalue weighted by Crippen LogP contribution is 1.97. The first-order valence-corrected chi connectivity index (χ1v) is 2.19. The number of hydrogen-bond acceptors (Lipinski definition) is 2. The SMILES string of the molecule is C=CC1COC=N1. The molecule has 0 aliphatic carbocycles. The van der Waals surface area contributed by atoms with Crippen LogP contribution in [-0.4, -0.2) is 19.0 Å². The molecule has 0 radical (unpaired) electrons. The molecule has 2 heteroatoms. The van der Waals surface area contributed by atoms with Crippen LogP contribution in [0.5, 0.6) is 0 Å². The second-order valence-corrected chi connectivity index (χ2v) is 1.39. The summed E-state index contributed by atoms with van der Waals surface area (Å²) in [6.45, 7) is 4.22. The number of ether oxygens (including phenoxy) is 1. The van der Waals surface area contributed by atoms with Crippen molar-refractivity contribution >= 4 is 6.40 Å². The molecule has 7 heavy (non-hydrogen) atoms. The van der Waals surface area contributed by atoms with E-state index in [9.17, 15) is 0 Å². The number of nitrogens with zero attached hydrogens (tertiary/aromatic N) is 1. The molecule has 0 saturated carbocycles. The molecule has 1 aliphatic heterocycles. The highest BCUT2D eigenvalue weighted by Gasteiger charge is 2.03. The Balaban J connectivity index is 2.42. The fourth-order valence-electron chi connectivity index (χ4n) is 0.435. The lowest BCUT2D eigenvalue weighted by Crippen LogP contribution is -1.99. The summed E-state index contributed by atoms with van der Waals surface area (Å²) >= 11 is 0. The van der Waals surface area contributed by atoms with E-state index in [1.807, 2.05) is 0 Å². The third kappa shape index (κ3) is 0.796. The Labute approximate surface area is 42.5 Å². The molecule has 1 rings (SSSR count). The summed E-state index contributed by atoms with van der Waals surface area (Å²) in [4.78, 5) is 3.89. The molecular formula is C5H7NO. The van der Waals surface area contributed by atoms with Gasteiger partial charge in [0.05, 0.1) is 0 Å². The largest absolute Gasteiger partial charge is 0.481 e. The molecular weight excluding hydrogens is 90.1 g/mol. The first kappa shape index (κ1) is 4.37. The van der Waals surface area contributed by atoms with Gasteiger partial charge in [-0.25, -0.2) is 4.99 Å². The topological polar surface area (TPSA) is 21.6 Å². The van der Waals surface area contributed by atoms with Crippen LogP contribution in [0.3, 0.4) is 0 Å². The van der Waals surface area contributed by atoms with E-state index in [-0.39, 0.29) is 6.04 Å². The van der Waals surface area contributed by atoms with Crippen molar-refractivity contribution in [1.29, 1.82) is 0 Å². The molecule has 0 bridgehead atoms. The van der Waals surface area contributed by atoms with Gasteiger partial charge in [0, 0.05) is 0 Å². The molecule has 1 unspecified atom stereocenters. The quantitative estimate of drug-likeness (QED) is 0.439. The third-order valence-electron chi connectivity index (χ3n) is 0.866. The maximum absolute atomic E-state index is 4.79.